The summed E-state index contributed by atoms with van der Waals surface area (Å²) >= 11 is 5.23. The highest BCUT2D eigenvalue weighted by atomic mass is 79.9. The number of thioether (sulfide) groups is 1. The Balaban J connectivity index is 1.66. The van der Waals surface area contributed by atoms with E-state index in [0.717, 1.165) is 15.4 Å². The van der Waals surface area contributed by atoms with Crippen molar-refractivity contribution in [2.75, 3.05) is 0 Å². The fourth-order valence-corrected chi connectivity index (χ4v) is 4.03. The van der Waals surface area contributed by atoms with Crippen molar-refractivity contribution in [1.29, 1.82) is 0 Å². The zero-order valence-electron chi connectivity index (χ0n) is 12.3. The fraction of sp³-hybridized carbons (Fsp3) is 0.500. The minimum atomic E-state index is 0.610. The quantitative estimate of drug-likeness (QED) is 0.720. The summed E-state index contributed by atoms with van der Waals surface area (Å²) in [7, 11) is 2.11. The van der Waals surface area contributed by atoms with Crippen molar-refractivity contribution in [3.8, 4) is 0 Å². The van der Waals surface area contributed by atoms with Gasteiger partial charge in [0.2, 0.25) is 0 Å². The first-order chi connectivity index (χ1) is 10.2. The lowest BCUT2D eigenvalue weighted by Crippen LogP contribution is -2.10. The molecule has 0 aliphatic heterocycles. The normalized spacial score (nSPS) is 16.3. The number of benzene rings is 1. The van der Waals surface area contributed by atoms with Crippen LogP contribution in [0.1, 0.15) is 49.4 Å². The zero-order valence-corrected chi connectivity index (χ0v) is 14.7. The van der Waals surface area contributed by atoms with Gasteiger partial charge >= 0.3 is 0 Å². The molecule has 0 unspecified atom stereocenters. The van der Waals surface area contributed by atoms with E-state index in [1.165, 1.54) is 43.5 Å². The molecule has 0 spiro atoms. The van der Waals surface area contributed by atoms with Crippen LogP contribution in [0.2, 0.25) is 0 Å². The second-order valence-corrected chi connectivity index (χ2v) is 7.51. The molecule has 1 aliphatic carbocycles. The molecule has 2 aromatic rings. The molecule has 1 saturated carbocycles. The standard InChI is InChI=1S/C16H20BrN3S/c1-20-15(13-5-3-2-4-6-13)18-19-16(20)21-11-12-7-9-14(17)10-8-12/h7-10,13H,2-6,11H2,1H3. The summed E-state index contributed by atoms with van der Waals surface area (Å²) in [6.07, 6.45) is 6.57. The summed E-state index contributed by atoms with van der Waals surface area (Å²) in [4.78, 5) is 0. The van der Waals surface area contributed by atoms with E-state index in [0.29, 0.717) is 5.92 Å². The van der Waals surface area contributed by atoms with Gasteiger partial charge in [-0.1, -0.05) is 59.1 Å². The van der Waals surface area contributed by atoms with Gasteiger partial charge in [0.25, 0.3) is 0 Å². The van der Waals surface area contributed by atoms with Gasteiger partial charge in [0.1, 0.15) is 5.82 Å². The van der Waals surface area contributed by atoms with Gasteiger partial charge in [-0.3, -0.25) is 0 Å². The number of hydrogen-bond donors (Lipinski definition) is 0. The van der Waals surface area contributed by atoms with E-state index in [4.69, 9.17) is 0 Å². The molecule has 112 valence electrons. The van der Waals surface area contributed by atoms with Crippen molar-refractivity contribution < 1.29 is 0 Å². The zero-order chi connectivity index (χ0) is 14.7. The predicted molar refractivity (Wildman–Crippen MR) is 90.5 cm³/mol. The van der Waals surface area contributed by atoms with E-state index in [-0.39, 0.29) is 0 Å². The highest BCUT2D eigenvalue weighted by molar-refractivity contribution is 9.10. The van der Waals surface area contributed by atoms with Crippen LogP contribution in [0.3, 0.4) is 0 Å². The summed E-state index contributed by atoms with van der Waals surface area (Å²) < 4.78 is 3.31. The van der Waals surface area contributed by atoms with E-state index in [1.54, 1.807) is 11.8 Å². The first kappa shape index (κ1) is 15.1. The average molecular weight is 366 g/mol. The second kappa shape index (κ2) is 6.97. The molecular formula is C16H20BrN3S. The van der Waals surface area contributed by atoms with Crippen LogP contribution in [0, 0.1) is 0 Å². The topological polar surface area (TPSA) is 30.7 Å². The largest absolute Gasteiger partial charge is 0.309 e. The van der Waals surface area contributed by atoms with Gasteiger partial charge in [0.05, 0.1) is 0 Å². The summed E-state index contributed by atoms with van der Waals surface area (Å²) in [5.74, 6) is 2.72. The van der Waals surface area contributed by atoms with E-state index in [1.807, 2.05) is 0 Å². The van der Waals surface area contributed by atoms with Gasteiger partial charge in [0.15, 0.2) is 5.16 Å². The van der Waals surface area contributed by atoms with Crippen LogP contribution in [-0.4, -0.2) is 14.8 Å². The smallest absolute Gasteiger partial charge is 0.191 e. The van der Waals surface area contributed by atoms with Gasteiger partial charge < -0.3 is 4.57 Å². The maximum absolute atomic E-state index is 4.45. The minimum absolute atomic E-state index is 0.610. The van der Waals surface area contributed by atoms with Crippen LogP contribution < -0.4 is 0 Å². The molecular weight excluding hydrogens is 346 g/mol. The van der Waals surface area contributed by atoms with Crippen molar-refractivity contribution in [3.63, 3.8) is 0 Å². The van der Waals surface area contributed by atoms with Crippen molar-refractivity contribution in [2.24, 2.45) is 7.05 Å². The molecule has 0 radical (unpaired) electrons. The lowest BCUT2D eigenvalue weighted by Gasteiger charge is -2.20. The first-order valence-corrected chi connectivity index (χ1v) is 9.28. The predicted octanol–water partition coefficient (Wildman–Crippen LogP) is 4.92. The Hall–Kier alpha value is -0.810. The number of rotatable bonds is 4. The van der Waals surface area contributed by atoms with Gasteiger partial charge in [-0.05, 0) is 30.5 Å². The highest BCUT2D eigenvalue weighted by Crippen LogP contribution is 2.33. The van der Waals surface area contributed by atoms with Crippen LogP contribution >= 0.6 is 27.7 Å². The lowest BCUT2D eigenvalue weighted by atomic mass is 9.89. The second-order valence-electron chi connectivity index (χ2n) is 5.65. The number of hydrogen-bond acceptors (Lipinski definition) is 3. The highest BCUT2D eigenvalue weighted by Gasteiger charge is 2.21. The lowest BCUT2D eigenvalue weighted by molar-refractivity contribution is 0.418. The fourth-order valence-electron chi connectivity index (χ4n) is 2.90. The van der Waals surface area contributed by atoms with Crippen LogP contribution in [0.15, 0.2) is 33.9 Å². The third kappa shape index (κ3) is 3.69. The monoisotopic (exact) mass is 365 g/mol. The van der Waals surface area contributed by atoms with E-state index >= 15 is 0 Å². The van der Waals surface area contributed by atoms with Crippen LogP contribution in [0.25, 0.3) is 0 Å². The Morgan fingerprint density at radius 3 is 2.57 bits per heavy atom. The molecule has 1 aliphatic rings. The Bertz CT molecular complexity index is 588. The van der Waals surface area contributed by atoms with Crippen molar-refractivity contribution in [2.45, 2.75) is 48.9 Å². The van der Waals surface area contributed by atoms with Crippen LogP contribution in [0.4, 0.5) is 0 Å². The third-order valence-electron chi connectivity index (χ3n) is 4.12. The number of nitrogens with zero attached hydrogens (tertiary/aromatic N) is 3. The Morgan fingerprint density at radius 2 is 1.86 bits per heavy atom. The third-order valence-corrected chi connectivity index (χ3v) is 5.74. The molecule has 1 heterocycles. The molecule has 3 rings (SSSR count). The molecule has 3 nitrogen and oxygen atoms in total. The molecule has 5 heteroatoms. The molecule has 0 saturated heterocycles. The SMILES string of the molecule is Cn1c(SCc2ccc(Br)cc2)nnc1C1CCCCC1. The Morgan fingerprint density at radius 1 is 1.14 bits per heavy atom. The average Bonchev–Trinajstić information content (AvgIpc) is 2.89. The Kier molecular flexibility index (Phi) is 5.01. The summed E-state index contributed by atoms with van der Waals surface area (Å²) in [6.45, 7) is 0. The molecule has 0 amide bonds. The number of halogens is 1. The molecule has 1 aromatic carbocycles. The van der Waals surface area contributed by atoms with E-state index in [9.17, 15) is 0 Å². The first-order valence-electron chi connectivity index (χ1n) is 7.50. The molecule has 0 bridgehead atoms. The van der Waals surface area contributed by atoms with Crippen LogP contribution in [0.5, 0.6) is 0 Å². The van der Waals surface area contributed by atoms with E-state index < -0.39 is 0 Å². The van der Waals surface area contributed by atoms with Crippen molar-refractivity contribution >= 4 is 27.7 Å². The molecule has 0 N–H and O–H groups in total. The molecule has 0 atom stereocenters. The maximum Gasteiger partial charge on any atom is 0.191 e. The van der Waals surface area contributed by atoms with Gasteiger partial charge in [-0.2, -0.15) is 0 Å². The van der Waals surface area contributed by atoms with Gasteiger partial charge in [-0.15, -0.1) is 10.2 Å². The minimum Gasteiger partial charge on any atom is -0.309 e. The summed E-state index contributed by atoms with van der Waals surface area (Å²) in [5.41, 5.74) is 1.31. The van der Waals surface area contributed by atoms with Crippen molar-refractivity contribution in [3.05, 3.63) is 40.1 Å². The molecule has 21 heavy (non-hydrogen) atoms. The van der Waals surface area contributed by atoms with Gasteiger partial charge in [0, 0.05) is 23.2 Å². The van der Waals surface area contributed by atoms with Crippen molar-refractivity contribution in [1.82, 2.24) is 14.8 Å². The molecule has 1 aromatic heterocycles. The summed E-state index contributed by atoms with van der Waals surface area (Å²) in [6, 6.07) is 8.46. The number of aromatic nitrogens is 3. The van der Waals surface area contributed by atoms with Gasteiger partial charge in [-0.25, -0.2) is 0 Å². The Labute approximate surface area is 138 Å². The maximum atomic E-state index is 4.45. The summed E-state index contributed by atoms with van der Waals surface area (Å²) in [5, 5.41) is 9.87. The van der Waals surface area contributed by atoms with Crippen LogP contribution in [-0.2, 0) is 12.8 Å². The van der Waals surface area contributed by atoms with E-state index in [2.05, 4.69) is 62.0 Å². The molecule has 1 fully saturated rings.